The standard InChI is InChI=1S/C16H15ClN2O2/c1-10-8-11(9-18-15(10)17)19-16(20)13-6-7-21-14-5-3-2-4-12(13)14/h2-5,8-9,13H,6-7H2,1H3,(H,19,20). The van der Waals surface area contributed by atoms with Gasteiger partial charge in [0.1, 0.15) is 10.9 Å². The number of fused-ring (bicyclic) bond motifs is 1. The molecule has 21 heavy (non-hydrogen) atoms. The van der Waals surface area contributed by atoms with Crippen molar-refractivity contribution in [2.45, 2.75) is 19.3 Å². The van der Waals surface area contributed by atoms with Gasteiger partial charge in [-0.1, -0.05) is 29.8 Å². The number of hydrogen-bond donors (Lipinski definition) is 1. The first-order chi connectivity index (χ1) is 10.1. The van der Waals surface area contributed by atoms with Crippen molar-refractivity contribution in [3.8, 4) is 5.75 Å². The van der Waals surface area contributed by atoms with Gasteiger partial charge in [0.25, 0.3) is 0 Å². The topological polar surface area (TPSA) is 51.2 Å². The smallest absolute Gasteiger partial charge is 0.232 e. The molecule has 4 nitrogen and oxygen atoms in total. The highest BCUT2D eigenvalue weighted by Gasteiger charge is 2.27. The van der Waals surface area contributed by atoms with E-state index < -0.39 is 0 Å². The van der Waals surface area contributed by atoms with Gasteiger partial charge in [0.2, 0.25) is 5.91 Å². The Kier molecular flexibility index (Phi) is 3.80. The fourth-order valence-corrected chi connectivity index (χ4v) is 2.57. The van der Waals surface area contributed by atoms with Gasteiger partial charge in [-0.05, 0) is 31.0 Å². The van der Waals surface area contributed by atoms with Crippen molar-refractivity contribution < 1.29 is 9.53 Å². The van der Waals surface area contributed by atoms with E-state index in [-0.39, 0.29) is 11.8 Å². The lowest BCUT2D eigenvalue weighted by Crippen LogP contribution is -2.26. The molecule has 108 valence electrons. The van der Waals surface area contributed by atoms with Crippen LogP contribution in [0.25, 0.3) is 0 Å². The molecule has 0 saturated carbocycles. The lowest BCUT2D eigenvalue weighted by Gasteiger charge is -2.25. The maximum atomic E-state index is 12.5. The number of rotatable bonds is 2. The maximum Gasteiger partial charge on any atom is 0.232 e. The number of pyridine rings is 1. The molecule has 0 aliphatic carbocycles. The summed E-state index contributed by atoms with van der Waals surface area (Å²) in [6.45, 7) is 2.40. The summed E-state index contributed by atoms with van der Waals surface area (Å²) >= 11 is 5.89. The van der Waals surface area contributed by atoms with Gasteiger partial charge in [-0.25, -0.2) is 4.98 Å². The van der Waals surface area contributed by atoms with Crippen LogP contribution in [0, 0.1) is 6.92 Å². The van der Waals surface area contributed by atoms with Crippen molar-refractivity contribution in [1.29, 1.82) is 0 Å². The Morgan fingerprint density at radius 3 is 3.05 bits per heavy atom. The lowest BCUT2D eigenvalue weighted by molar-refractivity contribution is -0.118. The van der Waals surface area contributed by atoms with E-state index in [9.17, 15) is 4.79 Å². The van der Waals surface area contributed by atoms with Crippen LogP contribution in [0.2, 0.25) is 5.15 Å². The van der Waals surface area contributed by atoms with Gasteiger partial charge in [-0.3, -0.25) is 4.79 Å². The van der Waals surface area contributed by atoms with Crippen LogP contribution in [0.5, 0.6) is 5.75 Å². The van der Waals surface area contributed by atoms with Crippen molar-refractivity contribution in [2.75, 3.05) is 11.9 Å². The van der Waals surface area contributed by atoms with Gasteiger partial charge in [0.05, 0.1) is 24.4 Å². The Hall–Kier alpha value is -2.07. The summed E-state index contributed by atoms with van der Waals surface area (Å²) in [7, 11) is 0. The largest absolute Gasteiger partial charge is 0.493 e. The van der Waals surface area contributed by atoms with Crippen LogP contribution < -0.4 is 10.1 Å². The number of carbonyl (C=O) groups is 1. The summed E-state index contributed by atoms with van der Waals surface area (Å²) < 4.78 is 5.58. The highest BCUT2D eigenvalue weighted by atomic mass is 35.5. The number of halogens is 1. The van der Waals surface area contributed by atoms with Gasteiger partial charge < -0.3 is 10.1 Å². The van der Waals surface area contributed by atoms with Crippen LogP contribution in [-0.4, -0.2) is 17.5 Å². The number of ether oxygens (including phenoxy) is 1. The van der Waals surface area contributed by atoms with Crippen LogP contribution in [0.1, 0.15) is 23.5 Å². The Bertz CT molecular complexity index is 688. The molecule has 0 saturated heterocycles. The Balaban J connectivity index is 1.81. The van der Waals surface area contributed by atoms with Gasteiger partial charge in [-0.2, -0.15) is 0 Å². The van der Waals surface area contributed by atoms with E-state index in [4.69, 9.17) is 16.3 Å². The molecule has 1 aliphatic rings. The zero-order valence-corrected chi connectivity index (χ0v) is 12.4. The van der Waals surface area contributed by atoms with E-state index in [1.807, 2.05) is 37.3 Å². The summed E-state index contributed by atoms with van der Waals surface area (Å²) in [5, 5.41) is 3.35. The predicted molar refractivity (Wildman–Crippen MR) is 81.9 cm³/mol. The number of hydrogen-bond acceptors (Lipinski definition) is 3. The SMILES string of the molecule is Cc1cc(NC(=O)C2CCOc3ccccc32)cnc1Cl. The molecular weight excluding hydrogens is 288 g/mol. The number of nitrogens with zero attached hydrogens (tertiary/aromatic N) is 1. The van der Waals surface area contributed by atoms with Gasteiger partial charge in [0.15, 0.2) is 0 Å². The number of benzene rings is 1. The zero-order valence-electron chi connectivity index (χ0n) is 11.6. The average molecular weight is 303 g/mol. The fourth-order valence-electron chi connectivity index (χ4n) is 2.47. The minimum Gasteiger partial charge on any atom is -0.493 e. The maximum absolute atomic E-state index is 12.5. The molecule has 1 N–H and O–H groups in total. The third kappa shape index (κ3) is 2.85. The second-order valence-electron chi connectivity index (χ2n) is 5.05. The van der Waals surface area contributed by atoms with E-state index in [0.717, 1.165) is 16.9 Å². The zero-order chi connectivity index (χ0) is 14.8. The second-order valence-corrected chi connectivity index (χ2v) is 5.41. The van der Waals surface area contributed by atoms with Gasteiger partial charge in [-0.15, -0.1) is 0 Å². The highest BCUT2D eigenvalue weighted by molar-refractivity contribution is 6.30. The monoisotopic (exact) mass is 302 g/mol. The number of amides is 1. The van der Waals surface area contributed by atoms with E-state index >= 15 is 0 Å². The molecule has 2 aromatic rings. The molecule has 1 atom stereocenters. The molecule has 0 fully saturated rings. The minimum absolute atomic E-state index is 0.0470. The minimum atomic E-state index is -0.203. The van der Waals surface area contributed by atoms with Crippen LogP contribution in [-0.2, 0) is 4.79 Å². The quantitative estimate of drug-likeness (QED) is 0.863. The Labute approximate surface area is 128 Å². The molecule has 1 aromatic heterocycles. The average Bonchev–Trinajstić information content (AvgIpc) is 2.50. The van der Waals surface area contributed by atoms with Gasteiger partial charge in [0, 0.05) is 5.56 Å². The number of aryl methyl sites for hydroxylation is 1. The first-order valence-electron chi connectivity index (χ1n) is 6.80. The first-order valence-corrected chi connectivity index (χ1v) is 7.17. The van der Waals surface area contributed by atoms with Crippen molar-refractivity contribution in [3.05, 3.63) is 52.8 Å². The summed E-state index contributed by atoms with van der Waals surface area (Å²) in [6.07, 6.45) is 2.24. The molecule has 2 heterocycles. The first kappa shape index (κ1) is 13.9. The van der Waals surface area contributed by atoms with E-state index in [0.29, 0.717) is 23.9 Å². The second kappa shape index (κ2) is 5.74. The number of anilines is 1. The lowest BCUT2D eigenvalue weighted by atomic mass is 9.92. The van der Waals surface area contributed by atoms with E-state index in [1.165, 1.54) is 0 Å². The van der Waals surface area contributed by atoms with Crippen molar-refractivity contribution >= 4 is 23.2 Å². The summed E-state index contributed by atoms with van der Waals surface area (Å²) in [5.41, 5.74) is 2.42. The molecule has 0 radical (unpaired) electrons. The molecule has 0 bridgehead atoms. The van der Waals surface area contributed by atoms with Crippen molar-refractivity contribution in [1.82, 2.24) is 4.98 Å². The Morgan fingerprint density at radius 2 is 2.24 bits per heavy atom. The molecular formula is C16H15ClN2O2. The molecule has 0 spiro atoms. The number of para-hydroxylation sites is 1. The Morgan fingerprint density at radius 1 is 1.43 bits per heavy atom. The normalized spacial score (nSPS) is 16.8. The van der Waals surface area contributed by atoms with Crippen molar-refractivity contribution in [2.24, 2.45) is 0 Å². The summed E-state index contributed by atoms with van der Waals surface area (Å²) in [5.74, 6) is 0.537. The van der Waals surface area contributed by atoms with E-state index in [2.05, 4.69) is 10.3 Å². The highest BCUT2D eigenvalue weighted by Crippen LogP contribution is 2.34. The van der Waals surface area contributed by atoms with Crippen LogP contribution in [0.15, 0.2) is 36.5 Å². The fraction of sp³-hybridized carbons (Fsp3) is 0.250. The summed E-state index contributed by atoms with van der Waals surface area (Å²) in [4.78, 5) is 16.5. The third-order valence-corrected chi connectivity index (χ3v) is 3.95. The van der Waals surface area contributed by atoms with E-state index in [1.54, 1.807) is 6.20 Å². The molecule has 1 aromatic carbocycles. The third-order valence-electron chi connectivity index (χ3n) is 3.56. The van der Waals surface area contributed by atoms with Crippen LogP contribution >= 0.6 is 11.6 Å². The molecule has 1 amide bonds. The van der Waals surface area contributed by atoms with Crippen molar-refractivity contribution in [3.63, 3.8) is 0 Å². The van der Waals surface area contributed by atoms with Crippen LogP contribution in [0.3, 0.4) is 0 Å². The molecule has 3 rings (SSSR count). The summed E-state index contributed by atoms with van der Waals surface area (Å²) in [6, 6.07) is 9.47. The number of aromatic nitrogens is 1. The predicted octanol–water partition coefficient (Wildman–Crippen LogP) is 3.55. The molecule has 1 unspecified atom stereocenters. The molecule has 1 aliphatic heterocycles. The van der Waals surface area contributed by atoms with Gasteiger partial charge >= 0.3 is 0 Å². The molecule has 5 heteroatoms. The van der Waals surface area contributed by atoms with Crippen LogP contribution in [0.4, 0.5) is 5.69 Å². The number of carbonyl (C=O) groups excluding carboxylic acids is 1. The number of nitrogens with one attached hydrogen (secondary N) is 1.